The highest BCUT2D eigenvalue weighted by Gasteiger charge is 2.20. The molecule has 388 valence electrons. The van der Waals surface area contributed by atoms with Crippen LogP contribution in [-0.4, -0.2) is 130 Å². The Morgan fingerprint density at radius 2 is 1.00 bits per heavy atom. The van der Waals surface area contributed by atoms with Crippen molar-refractivity contribution in [3.8, 4) is 34.0 Å². The molecular weight excluding hydrogens is 1060 g/mol. The average Bonchev–Trinajstić information content (AvgIpc) is 4.32. The first-order valence-electron chi connectivity index (χ1n) is 23.2. The van der Waals surface area contributed by atoms with Gasteiger partial charge in [0.05, 0.1) is 66.8 Å². The van der Waals surface area contributed by atoms with Crippen LogP contribution < -0.4 is 25.9 Å². The van der Waals surface area contributed by atoms with Gasteiger partial charge in [0.25, 0.3) is 23.6 Å². The molecule has 28 heteroatoms. The van der Waals surface area contributed by atoms with Gasteiger partial charge in [0, 0.05) is 83.8 Å². The summed E-state index contributed by atoms with van der Waals surface area (Å²) in [6.45, 7) is 6.51. The van der Waals surface area contributed by atoms with Gasteiger partial charge in [-0.3, -0.25) is 0 Å². The lowest BCUT2D eigenvalue weighted by Gasteiger charge is -2.29. The van der Waals surface area contributed by atoms with Crippen LogP contribution in [-0.2, 0) is 9.47 Å². The van der Waals surface area contributed by atoms with Gasteiger partial charge >= 0.3 is 20.0 Å². The van der Waals surface area contributed by atoms with Gasteiger partial charge in [-0.2, -0.15) is 17.6 Å². The Balaban J connectivity index is 0.000000142. The molecule has 6 aromatic heterocycles. The number of morpholine rings is 2. The predicted molar refractivity (Wildman–Crippen MR) is 275 cm³/mol. The molecule has 2 aliphatic rings. The van der Waals surface area contributed by atoms with Crippen molar-refractivity contribution >= 4 is 85.2 Å². The minimum Gasteiger partial charge on any atom is -0.423 e. The average molecular weight is 1110 g/mol. The molecule has 22 nitrogen and oxygen atoms in total. The molecule has 6 N–H and O–H groups in total. The monoisotopic (exact) mass is 1100 g/mol. The number of hydrogen-bond donors (Lipinski definition) is 6. The quantitative estimate of drug-likeness (QED) is 0.0506. The molecule has 0 unspecified atom stereocenters. The number of rotatable bonds is 12. The normalized spacial score (nSPS) is 13.6. The number of H-pyrrole nitrogens is 2. The van der Waals surface area contributed by atoms with Crippen molar-refractivity contribution in [1.82, 2.24) is 60.3 Å². The van der Waals surface area contributed by atoms with E-state index in [0.29, 0.717) is 28.5 Å². The fourth-order valence-corrected chi connectivity index (χ4v) is 8.48. The highest BCUT2D eigenvalue weighted by Crippen LogP contribution is 2.34. The van der Waals surface area contributed by atoms with Gasteiger partial charge in [0.2, 0.25) is 11.9 Å². The second kappa shape index (κ2) is 23.4. The maximum atomic E-state index is 12.7. The van der Waals surface area contributed by atoms with Crippen molar-refractivity contribution in [3.05, 3.63) is 126 Å². The Kier molecular flexibility index (Phi) is 15.7. The third-order valence-electron chi connectivity index (χ3n) is 11.7. The molecular formula is C48H42BBrF4N16O6. The summed E-state index contributed by atoms with van der Waals surface area (Å²) >= 11 is 3.44. The van der Waals surface area contributed by atoms with Crippen LogP contribution in [0.25, 0.3) is 56.1 Å². The molecule has 8 heterocycles. The Morgan fingerprint density at radius 1 is 0.553 bits per heavy atom. The van der Waals surface area contributed by atoms with E-state index in [1.54, 1.807) is 24.8 Å². The zero-order valence-corrected chi connectivity index (χ0v) is 41.2. The number of benzene rings is 4. The second-order valence-electron chi connectivity index (χ2n) is 16.6. The molecule has 76 heavy (non-hydrogen) atoms. The lowest BCUT2D eigenvalue weighted by Crippen LogP contribution is -2.36. The van der Waals surface area contributed by atoms with E-state index in [0.717, 1.165) is 113 Å². The first kappa shape index (κ1) is 51.1. The molecule has 2 saturated heterocycles. The minimum atomic E-state index is -2.84. The van der Waals surface area contributed by atoms with Gasteiger partial charge in [-0.1, -0.05) is 24.3 Å². The van der Waals surface area contributed by atoms with Crippen molar-refractivity contribution in [3.63, 3.8) is 0 Å². The Morgan fingerprint density at radius 3 is 1.46 bits per heavy atom. The van der Waals surface area contributed by atoms with E-state index in [9.17, 15) is 17.6 Å². The van der Waals surface area contributed by atoms with E-state index < -0.39 is 31.8 Å². The van der Waals surface area contributed by atoms with Crippen LogP contribution in [0.4, 0.5) is 52.2 Å². The van der Waals surface area contributed by atoms with E-state index in [1.807, 2.05) is 36.4 Å². The van der Waals surface area contributed by atoms with Crippen molar-refractivity contribution < 1.29 is 45.9 Å². The van der Waals surface area contributed by atoms with Gasteiger partial charge in [0.15, 0.2) is 0 Å². The number of fused-ring (bicyclic) bond motifs is 2. The number of aromatic amines is 2. The first-order chi connectivity index (χ1) is 37.0. The van der Waals surface area contributed by atoms with Crippen LogP contribution in [0.5, 0.6) is 0 Å². The molecule has 10 aromatic rings. The van der Waals surface area contributed by atoms with Gasteiger partial charge in [-0.25, -0.2) is 29.9 Å². The summed E-state index contributed by atoms with van der Waals surface area (Å²) in [7, 11) is -1.39. The summed E-state index contributed by atoms with van der Waals surface area (Å²) in [6.07, 6.45) is 3.26. The lowest BCUT2D eigenvalue weighted by molar-refractivity contribution is 0.115. The Labute approximate surface area is 436 Å². The van der Waals surface area contributed by atoms with Crippen molar-refractivity contribution in [2.24, 2.45) is 0 Å². The summed E-state index contributed by atoms with van der Waals surface area (Å²) in [5, 5.41) is 37.9. The molecule has 0 bridgehead atoms. The summed E-state index contributed by atoms with van der Waals surface area (Å²) in [6, 6.07) is 23.3. The summed E-state index contributed by atoms with van der Waals surface area (Å²) in [5.41, 5.74) is 10.3. The molecule has 2 aliphatic heterocycles. The summed E-state index contributed by atoms with van der Waals surface area (Å²) < 4.78 is 71.7. The number of nitrogens with zero attached hydrogens (tertiary/aromatic N) is 12. The second-order valence-corrected chi connectivity index (χ2v) is 17.5. The number of alkyl halides is 4. The molecule has 0 saturated carbocycles. The topological polar surface area (TPSA) is 276 Å². The van der Waals surface area contributed by atoms with Crippen molar-refractivity contribution in [2.45, 2.75) is 12.9 Å². The number of nitrogens with one attached hydrogen (secondary N) is 4. The van der Waals surface area contributed by atoms with Crippen LogP contribution in [0, 0.1) is 0 Å². The molecule has 0 amide bonds. The van der Waals surface area contributed by atoms with Gasteiger partial charge < -0.3 is 58.8 Å². The van der Waals surface area contributed by atoms with Gasteiger partial charge in [-0.05, 0) is 75.5 Å². The maximum Gasteiger partial charge on any atom is 0.488 e. The zero-order valence-electron chi connectivity index (χ0n) is 39.6. The summed E-state index contributed by atoms with van der Waals surface area (Å²) in [4.78, 5) is 36.1. The van der Waals surface area contributed by atoms with E-state index >= 15 is 0 Å². The standard InChI is InChI=1S/C24H20F2N8O2.C14H8BrF2N7O.C10H14BNO3/c25-21(26)23-33-32-22(36-23)15-11-27-24(28-12-15)31-16-9-18(20-19(10-16)29-13-30-20)14-1-3-17(4-2-14)34-5-7-35-8-6-34;15-8-1-7(2-9-10(8)21-5-20-9)22-14-18-3-6(4-19-14)12-23-24-13(25-12)11(16)17;13-11(14)9-1-3-10(4-2-9)12-5-7-15-8-6-12/h1-4,9-13,21H,5-8H2,(H,29,30)(H,27,28,31);1-5,11H,(H,20,21)(H,18,19,22);1-4,13-14H,5-8H2. The largest absolute Gasteiger partial charge is 0.488 e. The smallest absolute Gasteiger partial charge is 0.423 e. The lowest BCUT2D eigenvalue weighted by atomic mass is 9.80. The molecule has 0 spiro atoms. The molecule has 0 radical (unpaired) electrons. The predicted octanol–water partition coefficient (Wildman–Crippen LogP) is 7.64. The number of ether oxygens (including phenoxy) is 2. The molecule has 0 aliphatic carbocycles. The fourth-order valence-electron chi connectivity index (χ4n) is 7.92. The first-order valence-corrected chi connectivity index (χ1v) is 24.0. The number of aromatic nitrogens is 12. The Bertz CT molecular complexity index is 3490. The third-order valence-corrected chi connectivity index (χ3v) is 12.3. The Hall–Kier alpha value is -8.44. The molecule has 12 rings (SSSR count). The minimum absolute atomic E-state index is 0.0662. The molecule has 2 fully saturated rings. The zero-order chi connectivity index (χ0) is 52.5. The van der Waals surface area contributed by atoms with Crippen molar-refractivity contribution in [1.29, 1.82) is 0 Å². The molecule has 4 aromatic carbocycles. The van der Waals surface area contributed by atoms with Crippen LogP contribution >= 0.6 is 15.9 Å². The fraction of sp³-hybridized carbons (Fsp3) is 0.208. The van der Waals surface area contributed by atoms with Crippen LogP contribution in [0.15, 0.2) is 124 Å². The van der Waals surface area contributed by atoms with E-state index in [4.69, 9.17) is 28.4 Å². The van der Waals surface area contributed by atoms with Crippen molar-refractivity contribution in [2.75, 3.05) is 73.0 Å². The van der Waals surface area contributed by atoms with Gasteiger partial charge in [0.1, 0.15) is 5.52 Å². The number of imidazole rings is 2. The van der Waals surface area contributed by atoms with E-state index in [2.05, 4.69) is 121 Å². The highest BCUT2D eigenvalue weighted by molar-refractivity contribution is 9.10. The summed E-state index contributed by atoms with van der Waals surface area (Å²) in [5.74, 6) is -0.981. The van der Waals surface area contributed by atoms with Crippen LogP contribution in [0.3, 0.4) is 0 Å². The number of anilines is 6. The third kappa shape index (κ3) is 12.2. The highest BCUT2D eigenvalue weighted by atomic mass is 79.9. The number of halogens is 5. The maximum absolute atomic E-state index is 12.7. The van der Waals surface area contributed by atoms with E-state index in [1.165, 1.54) is 24.8 Å². The van der Waals surface area contributed by atoms with Crippen LogP contribution in [0.2, 0.25) is 0 Å². The molecule has 0 atom stereocenters. The van der Waals surface area contributed by atoms with Gasteiger partial charge in [-0.15, -0.1) is 20.4 Å². The SMILES string of the molecule is FC(F)c1nnc(-c2cnc(Nc3cc(-c4ccc(N5CCOCC5)cc4)c4nc[nH]c4c3)nc2)o1.FC(F)c1nnc(-c2cnc(Nc3cc(Br)c4nc[nH]c4c3)nc2)o1.OB(O)c1ccc(N2CCOCC2)cc1. The number of hydrogen-bond acceptors (Lipinski definition) is 20. The van der Waals surface area contributed by atoms with Crippen LogP contribution in [0.1, 0.15) is 24.6 Å². The van der Waals surface area contributed by atoms with E-state index in [-0.39, 0.29) is 11.8 Å².